The zero-order chi connectivity index (χ0) is 21.7. The molecule has 30 heavy (non-hydrogen) atoms. The van der Waals surface area contributed by atoms with E-state index >= 15 is 0 Å². The van der Waals surface area contributed by atoms with Gasteiger partial charge in [-0.15, -0.1) is 0 Å². The summed E-state index contributed by atoms with van der Waals surface area (Å²) < 4.78 is 7.29. The highest BCUT2D eigenvalue weighted by Crippen LogP contribution is 2.31. The number of nitro groups is 1. The van der Waals surface area contributed by atoms with E-state index in [9.17, 15) is 14.9 Å². The number of methoxy groups -OCH3 is 1. The zero-order valence-electron chi connectivity index (χ0n) is 17.0. The van der Waals surface area contributed by atoms with Crippen molar-refractivity contribution >= 4 is 17.8 Å². The van der Waals surface area contributed by atoms with Crippen LogP contribution in [0.5, 0.6) is 5.75 Å². The number of nitrogens with zero attached hydrogens (tertiary/aromatic N) is 3. The molecule has 1 heterocycles. The molecule has 0 aliphatic heterocycles. The Bertz CT molecular complexity index is 1100. The fourth-order valence-corrected chi connectivity index (χ4v) is 3.25. The van der Waals surface area contributed by atoms with Crippen molar-refractivity contribution in [1.82, 2.24) is 9.99 Å². The molecule has 1 amide bonds. The minimum Gasteiger partial charge on any atom is -0.494 e. The van der Waals surface area contributed by atoms with Crippen LogP contribution in [0.3, 0.4) is 0 Å². The van der Waals surface area contributed by atoms with Crippen LogP contribution in [0.25, 0.3) is 5.69 Å². The summed E-state index contributed by atoms with van der Waals surface area (Å²) in [5.41, 5.74) is 6.67. The van der Waals surface area contributed by atoms with E-state index in [2.05, 4.69) is 10.5 Å². The van der Waals surface area contributed by atoms with Gasteiger partial charge in [-0.05, 0) is 31.5 Å². The van der Waals surface area contributed by atoms with Gasteiger partial charge in [0.2, 0.25) is 5.91 Å². The molecule has 0 fully saturated rings. The number of non-ortho nitro benzene ring substituents is 1. The molecule has 8 nitrogen and oxygen atoms in total. The lowest BCUT2D eigenvalue weighted by Crippen LogP contribution is -2.19. The maximum Gasteiger partial charge on any atom is 0.273 e. The van der Waals surface area contributed by atoms with Crippen LogP contribution in [-0.2, 0) is 11.2 Å². The second kappa shape index (κ2) is 9.04. The number of benzene rings is 2. The molecule has 0 aliphatic rings. The van der Waals surface area contributed by atoms with E-state index in [1.165, 1.54) is 19.2 Å². The van der Waals surface area contributed by atoms with Crippen molar-refractivity contribution in [1.29, 1.82) is 0 Å². The topological polar surface area (TPSA) is 98.8 Å². The molecule has 3 rings (SSSR count). The van der Waals surface area contributed by atoms with Gasteiger partial charge in [0, 0.05) is 23.0 Å². The van der Waals surface area contributed by atoms with Crippen molar-refractivity contribution in [3.8, 4) is 11.4 Å². The molecule has 0 atom stereocenters. The predicted molar refractivity (Wildman–Crippen MR) is 114 cm³/mol. The average Bonchev–Trinajstić information content (AvgIpc) is 3.01. The summed E-state index contributed by atoms with van der Waals surface area (Å²) in [4.78, 5) is 22.6. The standard InChI is InChI=1S/C22H22N4O4/c1-15-11-18(14-23-24-22(27)12-17-7-5-4-6-8-17)16(2)25(15)20-10-9-19(26(28)29)13-21(20)30-3/h4-11,13-14H,12H2,1-3H3,(H,24,27)/b23-14+. The Morgan fingerprint density at radius 3 is 2.60 bits per heavy atom. The highest BCUT2D eigenvalue weighted by molar-refractivity contribution is 5.85. The van der Waals surface area contributed by atoms with E-state index in [1.807, 2.05) is 54.8 Å². The third-order valence-electron chi connectivity index (χ3n) is 4.69. The van der Waals surface area contributed by atoms with Crippen molar-refractivity contribution in [3.05, 3.63) is 87.2 Å². The first-order valence-corrected chi connectivity index (χ1v) is 9.28. The maximum absolute atomic E-state index is 12.1. The van der Waals surface area contributed by atoms with Crippen LogP contribution in [-0.4, -0.2) is 28.7 Å². The van der Waals surface area contributed by atoms with Crippen LogP contribution in [0.15, 0.2) is 59.7 Å². The highest BCUT2D eigenvalue weighted by Gasteiger charge is 2.17. The quantitative estimate of drug-likeness (QED) is 0.367. The molecule has 1 N–H and O–H groups in total. The van der Waals surface area contributed by atoms with Gasteiger partial charge in [0.1, 0.15) is 5.75 Å². The van der Waals surface area contributed by atoms with E-state index in [4.69, 9.17) is 4.74 Å². The van der Waals surface area contributed by atoms with Crippen molar-refractivity contribution in [2.24, 2.45) is 5.10 Å². The molecule has 0 bridgehead atoms. The van der Waals surface area contributed by atoms with Crippen LogP contribution in [0.4, 0.5) is 5.69 Å². The third-order valence-corrected chi connectivity index (χ3v) is 4.69. The fraction of sp³-hybridized carbons (Fsp3) is 0.182. The summed E-state index contributed by atoms with van der Waals surface area (Å²) in [6.07, 6.45) is 1.83. The van der Waals surface area contributed by atoms with Gasteiger partial charge < -0.3 is 9.30 Å². The number of ether oxygens (including phenoxy) is 1. The second-order valence-corrected chi connectivity index (χ2v) is 6.73. The van der Waals surface area contributed by atoms with Crippen molar-refractivity contribution in [2.75, 3.05) is 7.11 Å². The Morgan fingerprint density at radius 1 is 1.20 bits per heavy atom. The first kappa shape index (κ1) is 20.8. The monoisotopic (exact) mass is 406 g/mol. The van der Waals surface area contributed by atoms with E-state index in [-0.39, 0.29) is 18.0 Å². The van der Waals surface area contributed by atoms with Crippen LogP contribution < -0.4 is 10.2 Å². The molecule has 0 saturated heterocycles. The SMILES string of the molecule is COc1cc([N+](=O)[O-])ccc1-n1c(C)cc(/C=N/NC(=O)Cc2ccccc2)c1C. The summed E-state index contributed by atoms with van der Waals surface area (Å²) in [5, 5.41) is 15.1. The number of nitrogens with one attached hydrogen (secondary N) is 1. The van der Waals surface area contributed by atoms with Gasteiger partial charge in [-0.25, -0.2) is 5.43 Å². The highest BCUT2D eigenvalue weighted by atomic mass is 16.6. The smallest absolute Gasteiger partial charge is 0.273 e. The number of hydrogen-bond acceptors (Lipinski definition) is 5. The van der Waals surface area contributed by atoms with Crippen LogP contribution in [0.1, 0.15) is 22.5 Å². The van der Waals surface area contributed by atoms with Gasteiger partial charge in [-0.2, -0.15) is 5.10 Å². The van der Waals surface area contributed by atoms with Gasteiger partial charge in [0.25, 0.3) is 5.69 Å². The van der Waals surface area contributed by atoms with E-state index in [1.54, 1.807) is 12.3 Å². The van der Waals surface area contributed by atoms with Gasteiger partial charge in [-0.3, -0.25) is 14.9 Å². The number of aryl methyl sites for hydroxylation is 1. The molecule has 0 radical (unpaired) electrons. The molecule has 0 saturated carbocycles. The normalized spacial score (nSPS) is 10.9. The number of rotatable bonds is 7. The predicted octanol–water partition coefficient (Wildman–Crippen LogP) is 3.70. The van der Waals surface area contributed by atoms with Crippen LogP contribution in [0.2, 0.25) is 0 Å². The Labute approximate surface area is 173 Å². The fourth-order valence-electron chi connectivity index (χ4n) is 3.25. The van der Waals surface area contributed by atoms with Crippen LogP contribution in [0, 0.1) is 24.0 Å². The lowest BCUT2D eigenvalue weighted by molar-refractivity contribution is -0.384. The number of carbonyl (C=O) groups is 1. The average molecular weight is 406 g/mol. The van der Waals surface area contributed by atoms with Crippen molar-refractivity contribution in [2.45, 2.75) is 20.3 Å². The van der Waals surface area contributed by atoms with Crippen molar-refractivity contribution < 1.29 is 14.5 Å². The van der Waals surface area contributed by atoms with E-state index in [0.717, 1.165) is 22.5 Å². The summed E-state index contributed by atoms with van der Waals surface area (Å²) in [5.74, 6) is 0.189. The van der Waals surface area contributed by atoms with E-state index in [0.29, 0.717) is 11.4 Å². The molecule has 2 aromatic carbocycles. The number of carbonyl (C=O) groups excluding carboxylic acids is 1. The summed E-state index contributed by atoms with van der Waals surface area (Å²) in [6.45, 7) is 3.82. The molecule has 3 aromatic rings. The molecule has 8 heteroatoms. The molecular formula is C22H22N4O4. The van der Waals surface area contributed by atoms with Crippen molar-refractivity contribution in [3.63, 3.8) is 0 Å². The van der Waals surface area contributed by atoms with E-state index < -0.39 is 4.92 Å². The Morgan fingerprint density at radius 2 is 1.93 bits per heavy atom. The minimum absolute atomic E-state index is 0.0408. The largest absolute Gasteiger partial charge is 0.494 e. The number of hydrazone groups is 1. The zero-order valence-corrected chi connectivity index (χ0v) is 17.0. The molecule has 154 valence electrons. The van der Waals surface area contributed by atoms with Gasteiger partial charge >= 0.3 is 0 Å². The van der Waals surface area contributed by atoms with Gasteiger partial charge in [-0.1, -0.05) is 30.3 Å². The first-order chi connectivity index (χ1) is 14.4. The van der Waals surface area contributed by atoms with Gasteiger partial charge in [0.05, 0.1) is 36.4 Å². The summed E-state index contributed by atoms with van der Waals surface area (Å²) >= 11 is 0. The molecule has 0 spiro atoms. The van der Waals surface area contributed by atoms with Gasteiger partial charge in [0.15, 0.2) is 0 Å². The maximum atomic E-state index is 12.1. The number of aromatic nitrogens is 1. The molecule has 0 unspecified atom stereocenters. The Hall–Kier alpha value is -3.94. The minimum atomic E-state index is -0.460. The lowest BCUT2D eigenvalue weighted by atomic mass is 10.1. The first-order valence-electron chi connectivity index (χ1n) is 9.28. The summed E-state index contributed by atoms with van der Waals surface area (Å²) in [6, 6.07) is 15.8. The lowest BCUT2D eigenvalue weighted by Gasteiger charge is -2.13. The molecule has 0 aliphatic carbocycles. The Balaban J connectivity index is 1.80. The summed E-state index contributed by atoms with van der Waals surface area (Å²) in [7, 11) is 1.47. The molecular weight excluding hydrogens is 384 g/mol. The number of nitro benzene ring substituents is 1. The Kier molecular flexibility index (Phi) is 6.26. The molecule has 1 aromatic heterocycles. The number of amides is 1. The third kappa shape index (κ3) is 4.54. The second-order valence-electron chi connectivity index (χ2n) is 6.73. The number of hydrogen-bond donors (Lipinski definition) is 1. The van der Waals surface area contributed by atoms with Crippen LogP contribution >= 0.6 is 0 Å².